The van der Waals surface area contributed by atoms with E-state index in [9.17, 15) is 0 Å². The number of nitrogens with one attached hydrogen (secondary N) is 1. The zero-order valence-corrected chi connectivity index (χ0v) is 10.2. The Morgan fingerprint density at radius 2 is 2.06 bits per heavy atom. The number of hydrogen-bond acceptors (Lipinski definition) is 3. The predicted molar refractivity (Wildman–Crippen MR) is 67.6 cm³/mol. The Morgan fingerprint density at radius 3 is 2.75 bits per heavy atom. The highest BCUT2D eigenvalue weighted by Gasteiger charge is 2.03. The SMILES string of the molecule is CC(C)Oc1ccccc1CNCCCN. The molecule has 0 saturated carbocycles. The van der Waals surface area contributed by atoms with Gasteiger partial charge >= 0.3 is 0 Å². The molecule has 0 fully saturated rings. The molecule has 0 saturated heterocycles. The molecule has 90 valence electrons. The van der Waals surface area contributed by atoms with Gasteiger partial charge in [0, 0.05) is 12.1 Å². The standard InChI is InChI=1S/C13H22N2O/c1-11(2)16-13-7-4-3-6-12(13)10-15-9-5-8-14/h3-4,6-7,11,15H,5,8-10,14H2,1-2H3. The van der Waals surface area contributed by atoms with Crippen molar-refractivity contribution in [1.82, 2.24) is 5.32 Å². The highest BCUT2D eigenvalue weighted by atomic mass is 16.5. The fourth-order valence-corrected chi connectivity index (χ4v) is 1.47. The van der Waals surface area contributed by atoms with Crippen LogP contribution in [-0.2, 0) is 6.54 Å². The summed E-state index contributed by atoms with van der Waals surface area (Å²) in [4.78, 5) is 0. The lowest BCUT2D eigenvalue weighted by Gasteiger charge is -2.14. The van der Waals surface area contributed by atoms with Gasteiger partial charge in [-0.1, -0.05) is 18.2 Å². The lowest BCUT2D eigenvalue weighted by atomic mass is 10.2. The van der Waals surface area contributed by atoms with Crippen molar-refractivity contribution >= 4 is 0 Å². The molecule has 0 atom stereocenters. The third kappa shape index (κ3) is 4.64. The van der Waals surface area contributed by atoms with Gasteiger partial charge in [-0.2, -0.15) is 0 Å². The van der Waals surface area contributed by atoms with Crippen molar-refractivity contribution in [2.45, 2.75) is 32.9 Å². The van der Waals surface area contributed by atoms with E-state index in [2.05, 4.69) is 11.4 Å². The van der Waals surface area contributed by atoms with Gasteiger partial charge in [0.15, 0.2) is 0 Å². The Balaban J connectivity index is 2.50. The molecular formula is C13H22N2O. The van der Waals surface area contributed by atoms with Gasteiger partial charge in [-0.3, -0.25) is 0 Å². The predicted octanol–water partition coefficient (Wildman–Crippen LogP) is 1.91. The van der Waals surface area contributed by atoms with Crippen LogP contribution >= 0.6 is 0 Å². The Labute approximate surface area is 98.0 Å². The molecule has 0 aromatic heterocycles. The molecule has 3 nitrogen and oxygen atoms in total. The fourth-order valence-electron chi connectivity index (χ4n) is 1.47. The monoisotopic (exact) mass is 222 g/mol. The number of benzene rings is 1. The summed E-state index contributed by atoms with van der Waals surface area (Å²) in [7, 11) is 0. The molecular weight excluding hydrogens is 200 g/mol. The minimum Gasteiger partial charge on any atom is -0.491 e. The first-order chi connectivity index (χ1) is 7.74. The maximum atomic E-state index is 5.74. The van der Waals surface area contributed by atoms with Gasteiger partial charge in [0.25, 0.3) is 0 Å². The maximum Gasteiger partial charge on any atom is 0.124 e. The summed E-state index contributed by atoms with van der Waals surface area (Å²) >= 11 is 0. The van der Waals surface area contributed by atoms with E-state index in [4.69, 9.17) is 10.5 Å². The molecule has 3 heteroatoms. The van der Waals surface area contributed by atoms with Crippen molar-refractivity contribution in [3.63, 3.8) is 0 Å². The van der Waals surface area contributed by atoms with Crippen molar-refractivity contribution in [3.05, 3.63) is 29.8 Å². The van der Waals surface area contributed by atoms with Crippen LogP contribution < -0.4 is 15.8 Å². The molecule has 3 N–H and O–H groups in total. The van der Waals surface area contributed by atoms with E-state index in [0.717, 1.165) is 31.8 Å². The summed E-state index contributed by atoms with van der Waals surface area (Å²) in [5.41, 5.74) is 6.64. The van der Waals surface area contributed by atoms with Crippen LogP contribution in [0.15, 0.2) is 24.3 Å². The van der Waals surface area contributed by atoms with E-state index in [0.29, 0.717) is 0 Å². The molecule has 16 heavy (non-hydrogen) atoms. The Bertz CT molecular complexity index is 300. The minimum absolute atomic E-state index is 0.213. The van der Waals surface area contributed by atoms with E-state index in [1.807, 2.05) is 32.0 Å². The molecule has 0 spiro atoms. The van der Waals surface area contributed by atoms with Crippen molar-refractivity contribution in [2.24, 2.45) is 5.73 Å². The van der Waals surface area contributed by atoms with Crippen LogP contribution in [0.3, 0.4) is 0 Å². The molecule has 0 radical (unpaired) electrons. The molecule has 0 aliphatic rings. The number of ether oxygens (including phenoxy) is 1. The summed E-state index contributed by atoms with van der Waals surface area (Å²) in [6.07, 6.45) is 1.22. The number of nitrogens with two attached hydrogens (primary N) is 1. The first-order valence-corrected chi connectivity index (χ1v) is 5.89. The molecule has 0 bridgehead atoms. The van der Waals surface area contributed by atoms with Gasteiger partial charge in [-0.15, -0.1) is 0 Å². The zero-order chi connectivity index (χ0) is 11.8. The molecule has 0 aliphatic heterocycles. The second-order valence-corrected chi connectivity index (χ2v) is 4.09. The zero-order valence-electron chi connectivity index (χ0n) is 10.2. The van der Waals surface area contributed by atoms with Crippen LogP contribution in [0.4, 0.5) is 0 Å². The normalized spacial score (nSPS) is 10.8. The topological polar surface area (TPSA) is 47.3 Å². The highest BCUT2D eigenvalue weighted by molar-refractivity contribution is 5.33. The molecule has 1 rings (SSSR count). The van der Waals surface area contributed by atoms with Crippen molar-refractivity contribution in [2.75, 3.05) is 13.1 Å². The summed E-state index contributed by atoms with van der Waals surface area (Å²) in [5.74, 6) is 0.970. The molecule has 1 aromatic carbocycles. The lowest BCUT2D eigenvalue weighted by molar-refractivity contribution is 0.239. The average Bonchev–Trinajstić information content (AvgIpc) is 2.26. The third-order valence-corrected chi connectivity index (χ3v) is 2.21. The lowest BCUT2D eigenvalue weighted by Crippen LogP contribution is -2.18. The second-order valence-electron chi connectivity index (χ2n) is 4.09. The Morgan fingerprint density at radius 1 is 1.31 bits per heavy atom. The fraction of sp³-hybridized carbons (Fsp3) is 0.538. The molecule has 0 amide bonds. The first-order valence-electron chi connectivity index (χ1n) is 5.89. The quantitative estimate of drug-likeness (QED) is 0.693. The van der Waals surface area contributed by atoms with Crippen molar-refractivity contribution < 1.29 is 4.74 Å². The van der Waals surface area contributed by atoms with Crippen LogP contribution in [0.1, 0.15) is 25.8 Å². The van der Waals surface area contributed by atoms with Gasteiger partial charge in [0.2, 0.25) is 0 Å². The van der Waals surface area contributed by atoms with Crippen LogP contribution in [-0.4, -0.2) is 19.2 Å². The van der Waals surface area contributed by atoms with E-state index in [1.165, 1.54) is 5.56 Å². The van der Waals surface area contributed by atoms with Gasteiger partial charge < -0.3 is 15.8 Å². The van der Waals surface area contributed by atoms with Crippen LogP contribution in [0.25, 0.3) is 0 Å². The van der Waals surface area contributed by atoms with Gasteiger partial charge in [-0.05, 0) is 39.4 Å². The molecule has 0 heterocycles. The number of rotatable bonds is 7. The highest BCUT2D eigenvalue weighted by Crippen LogP contribution is 2.18. The van der Waals surface area contributed by atoms with Crippen LogP contribution in [0.2, 0.25) is 0 Å². The molecule has 0 aliphatic carbocycles. The average molecular weight is 222 g/mol. The van der Waals surface area contributed by atoms with Gasteiger partial charge in [-0.25, -0.2) is 0 Å². The van der Waals surface area contributed by atoms with Gasteiger partial charge in [0.05, 0.1) is 6.10 Å². The van der Waals surface area contributed by atoms with E-state index >= 15 is 0 Å². The number of hydrogen-bond donors (Lipinski definition) is 2. The second kappa shape index (κ2) is 7.25. The molecule has 1 aromatic rings. The van der Waals surface area contributed by atoms with Crippen molar-refractivity contribution in [3.8, 4) is 5.75 Å². The maximum absolute atomic E-state index is 5.74. The Hall–Kier alpha value is -1.06. The minimum atomic E-state index is 0.213. The van der Waals surface area contributed by atoms with Crippen LogP contribution in [0, 0.1) is 0 Å². The van der Waals surface area contributed by atoms with Gasteiger partial charge in [0.1, 0.15) is 5.75 Å². The Kier molecular flexibility index (Phi) is 5.90. The summed E-state index contributed by atoms with van der Waals surface area (Å²) < 4.78 is 5.74. The first kappa shape index (κ1) is 13.0. The van der Waals surface area contributed by atoms with Crippen LogP contribution in [0.5, 0.6) is 5.75 Å². The van der Waals surface area contributed by atoms with Crippen molar-refractivity contribution in [1.29, 1.82) is 0 Å². The van der Waals surface area contributed by atoms with E-state index in [-0.39, 0.29) is 6.10 Å². The van der Waals surface area contributed by atoms with E-state index < -0.39 is 0 Å². The summed E-state index contributed by atoms with van der Waals surface area (Å²) in [6, 6.07) is 8.14. The smallest absolute Gasteiger partial charge is 0.124 e. The third-order valence-electron chi connectivity index (χ3n) is 2.21. The van der Waals surface area contributed by atoms with E-state index in [1.54, 1.807) is 0 Å². The largest absolute Gasteiger partial charge is 0.491 e. The summed E-state index contributed by atoms with van der Waals surface area (Å²) in [6.45, 7) is 6.60. The number of para-hydroxylation sites is 1. The molecule has 0 unspecified atom stereocenters. The summed E-state index contributed by atoms with van der Waals surface area (Å²) in [5, 5.41) is 3.36.